The van der Waals surface area contributed by atoms with Crippen molar-refractivity contribution in [3.8, 4) is 0 Å². The van der Waals surface area contributed by atoms with Gasteiger partial charge in [-0.15, -0.1) is 0 Å². The lowest BCUT2D eigenvalue weighted by Crippen LogP contribution is -2.62. The lowest BCUT2D eigenvalue weighted by molar-refractivity contribution is -0.160. The average molecular weight is 383 g/mol. The van der Waals surface area contributed by atoms with Crippen molar-refractivity contribution in [1.29, 1.82) is 0 Å². The maximum absolute atomic E-state index is 12.9. The van der Waals surface area contributed by atoms with Crippen molar-refractivity contribution >= 4 is 11.8 Å². The van der Waals surface area contributed by atoms with Gasteiger partial charge in [-0.25, -0.2) is 0 Å². The molecule has 2 atom stereocenters. The van der Waals surface area contributed by atoms with Gasteiger partial charge in [0.1, 0.15) is 12.6 Å². The van der Waals surface area contributed by atoms with Crippen molar-refractivity contribution in [2.45, 2.75) is 51.0 Å². The summed E-state index contributed by atoms with van der Waals surface area (Å²) >= 11 is 0. The Labute approximate surface area is 156 Å². The average Bonchev–Trinajstić information content (AvgIpc) is 2.65. The summed E-state index contributed by atoms with van der Waals surface area (Å²) in [5, 5.41) is 3.24. The van der Waals surface area contributed by atoms with Crippen molar-refractivity contribution in [2.75, 3.05) is 19.6 Å². The molecule has 1 N–H and O–H groups in total. The molecule has 2 aliphatic rings. The molecule has 0 spiro atoms. The SMILES string of the molecule is C[C@H]1C(=O)N(C2CCNCC2)CC(=O)N1[C@@H](C)c1ccc(C(F)(F)F)cc1. The van der Waals surface area contributed by atoms with E-state index in [4.69, 9.17) is 0 Å². The summed E-state index contributed by atoms with van der Waals surface area (Å²) in [7, 11) is 0. The zero-order valence-electron chi connectivity index (χ0n) is 15.4. The van der Waals surface area contributed by atoms with E-state index in [2.05, 4.69) is 5.32 Å². The summed E-state index contributed by atoms with van der Waals surface area (Å²) in [4.78, 5) is 28.8. The van der Waals surface area contributed by atoms with Gasteiger partial charge in [0.15, 0.2) is 0 Å². The van der Waals surface area contributed by atoms with Gasteiger partial charge in [0.2, 0.25) is 11.8 Å². The fourth-order valence-electron chi connectivity index (χ4n) is 3.97. The minimum absolute atomic E-state index is 0.0266. The van der Waals surface area contributed by atoms with Gasteiger partial charge in [-0.3, -0.25) is 9.59 Å². The third-order valence-corrected chi connectivity index (χ3v) is 5.54. The first-order valence-corrected chi connectivity index (χ1v) is 9.19. The Bertz CT molecular complexity index is 699. The minimum atomic E-state index is -4.40. The predicted molar refractivity (Wildman–Crippen MR) is 93.8 cm³/mol. The highest BCUT2D eigenvalue weighted by Gasteiger charge is 2.42. The number of piperazine rings is 1. The molecule has 1 aromatic rings. The topological polar surface area (TPSA) is 52.7 Å². The molecule has 8 heteroatoms. The molecule has 0 aromatic heterocycles. The molecule has 27 heavy (non-hydrogen) atoms. The highest BCUT2D eigenvalue weighted by molar-refractivity contribution is 5.95. The number of hydrogen-bond acceptors (Lipinski definition) is 3. The molecule has 1 aromatic carbocycles. The molecule has 2 saturated heterocycles. The Morgan fingerprint density at radius 2 is 1.70 bits per heavy atom. The van der Waals surface area contributed by atoms with Crippen LogP contribution in [0.3, 0.4) is 0 Å². The fraction of sp³-hybridized carbons (Fsp3) is 0.579. The molecule has 2 fully saturated rings. The number of piperidine rings is 1. The second-order valence-corrected chi connectivity index (χ2v) is 7.22. The van der Waals surface area contributed by atoms with Gasteiger partial charge in [0.05, 0.1) is 11.6 Å². The number of carbonyl (C=O) groups excluding carboxylic acids is 2. The van der Waals surface area contributed by atoms with Crippen molar-refractivity contribution in [1.82, 2.24) is 15.1 Å². The van der Waals surface area contributed by atoms with Crippen LogP contribution < -0.4 is 5.32 Å². The van der Waals surface area contributed by atoms with Crippen LogP contribution >= 0.6 is 0 Å². The van der Waals surface area contributed by atoms with Crippen LogP contribution in [-0.2, 0) is 15.8 Å². The van der Waals surface area contributed by atoms with Gasteiger partial charge >= 0.3 is 6.18 Å². The number of hydrogen-bond donors (Lipinski definition) is 1. The van der Waals surface area contributed by atoms with E-state index in [1.54, 1.807) is 18.7 Å². The lowest BCUT2D eigenvalue weighted by atomic mass is 9.98. The molecule has 2 aliphatic heterocycles. The largest absolute Gasteiger partial charge is 0.416 e. The first-order valence-electron chi connectivity index (χ1n) is 9.19. The fourth-order valence-corrected chi connectivity index (χ4v) is 3.97. The maximum Gasteiger partial charge on any atom is 0.416 e. The van der Waals surface area contributed by atoms with Crippen molar-refractivity contribution in [3.63, 3.8) is 0 Å². The molecule has 0 unspecified atom stereocenters. The summed E-state index contributed by atoms with van der Waals surface area (Å²) in [5.41, 5.74) is -0.157. The van der Waals surface area contributed by atoms with Crippen LogP contribution in [0.2, 0.25) is 0 Å². The van der Waals surface area contributed by atoms with E-state index >= 15 is 0 Å². The molecule has 148 valence electrons. The number of alkyl halides is 3. The van der Waals surface area contributed by atoms with Crippen LogP contribution in [0.5, 0.6) is 0 Å². The van der Waals surface area contributed by atoms with Crippen molar-refractivity contribution in [2.24, 2.45) is 0 Å². The predicted octanol–water partition coefficient (Wildman–Crippen LogP) is 2.58. The third-order valence-electron chi connectivity index (χ3n) is 5.54. The second kappa shape index (κ2) is 7.50. The number of nitrogens with zero attached hydrogens (tertiary/aromatic N) is 2. The zero-order chi connectivity index (χ0) is 19.8. The maximum atomic E-state index is 12.9. The lowest BCUT2D eigenvalue weighted by Gasteiger charge is -2.45. The number of benzene rings is 1. The highest BCUT2D eigenvalue weighted by atomic mass is 19.4. The van der Waals surface area contributed by atoms with Gasteiger partial charge in [-0.1, -0.05) is 12.1 Å². The Balaban J connectivity index is 1.76. The number of nitrogens with one attached hydrogen (secondary N) is 1. The van der Waals surface area contributed by atoms with E-state index in [1.165, 1.54) is 17.0 Å². The Hall–Kier alpha value is -2.09. The monoisotopic (exact) mass is 383 g/mol. The van der Waals surface area contributed by atoms with Crippen LogP contribution in [0.15, 0.2) is 24.3 Å². The molecule has 2 amide bonds. The van der Waals surface area contributed by atoms with Gasteiger partial charge in [0.25, 0.3) is 0 Å². The Morgan fingerprint density at radius 1 is 1.11 bits per heavy atom. The van der Waals surface area contributed by atoms with Gasteiger partial charge in [0, 0.05) is 6.04 Å². The Morgan fingerprint density at radius 3 is 2.26 bits per heavy atom. The van der Waals surface area contributed by atoms with Crippen LogP contribution in [-0.4, -0.2) is 53.3 Å². The van der Waals surface area contributed by atoms with E-state index in [0.717, 1.165) is 38.1 Å². The molecule has 2 heterocycles. The van der Waals surface area contributed by atoms with E-state index in [0.29, 0.717) is 5.56 Å². The molecular formula is C19H24F3N3O2. The number of carbonyl (C=O) groups is 2. The number of amides is 2. The summed E-state index contributed by atoms with van der Waals surface area (Å²) in [6.07, 6.45) is -2.76. The smallest absolute Gasteiger partial charge is 0.329 e. The summed E-state index contributed by atoms with van der Waals surface area (Å²) in [6, 6.07) is 3.71. The molecule has 0 saturated carbocycles. The van der Waals surface area contributed by atoms with E-state index in [1.807, 2.05) is 0 Å². The normalized spacial score (nSPS) is 23.7. The molecule has 5 nitrogen and oxygen atoms in total. The summed E-state index contributed by atoms with van der Waals surface area (Å²) in [6.45, 7) is 5.10. The zero-order valence-corrected chi connectivity index (χ0v) is 15.4. The van der Waals surface area contributed by atoms with Crippen LogP contribution in [0.25, 0.3) is 0 Å². The van der Waals surface area contributed by atoms with Crippen LogP contribution in [0.4, 0.5) is 13.2 Å². The molecule has 0 aliphatic carbocycles. The van der Waals surface area contributed by atoms with E-state index in [-0.39, 0.29) is 24.4 Å². The highest BCUT2D eigenvalue weighted by Crippen LogP contribution is 2.32. The third kappa shape index (κ3) is 3.95. The number of rotatable bonds is 3. The Kier molecular flexibility index (Phi) is 5.46. The van der Waals surface area contributed by atoms with Crippen LogP contribution in [0.1, 0.15) is 43.9 Å². The minimum Gasteiger partial charge on any atom is -0.329 e. The number of halogens is 3. The quantitative estimate of drug-likeness (QED) is 0.873. The standard InChI is InChI=1S/C19H24F3N3O2/c1-12(14-3-5-15(6-4-14)19(20,21)22)25-13(2)18(27)24(11-17(25)26)16-7-9-23-10-8-16/h3-6,12-13,16,23H,7-11H2,1-2H3/t12-,13-/m0/s1. The first kappa shape index (κ1) is 19.7. The first-order chi connectivity index (χ1) is 12.7. The summed E-state index contributed by atoms with van der Waals surface area (Å²) < 4.78 is 38.3. The molecule has 3 rings (SSSR count). The summed E-state index contributed by atoms with van der Waals surface area (Å²) in [5.74, 6) is -0.270. The second-order valence-electron chi connectivity index (χ2n) is 7.22. The molecule has 0 radical (unpaired) electrons. The van der Waals surface area contributed by atoms with Crippen LogP contribution in [0, 0.1) is 0 Å². The van der Waals surface area contributed by atoms with Crippen molar-refractivity contribution < 1.29 is 22.8 Å². The molecule has 0 bridgehead atoms. The molecular weight excluding hydrogens is 359 g/mol. The van der Waals surface area contributed by atoms with E-state index < -0.39 is 23.8 Å². The van der Waals surface area contributed by atoms with E-state index in [9.17, 15) is 22.8 Å². The van der Waals surface area contributed by atoms with Gasteiger partial charge < -0.3 is 15.1 Å². The van der Waals surface area contributed by atoms with Crippen molar-refractivity contribution in [3.05, 3.63) is 35.4 Å². The van der Waals surface area contributed by atoms with Gasteiger partial charge in [-0.2, -0.15) is 13.2 Å². The van der Waals surface area contributed by atoms with Gasteiger partial charge in [-0.05, 0) is 57.5 Å².